The van der Waals surface area contributed by atoms with Crippen molar-refractivity contribution in [2.24, 2.45) is 5.92 Å². The van der Waals surface area contributed by atoms with Gasteiger partial charge >= 0.3 is 6.36 Å². The highest BCUT2D eigenvalue weighted by molar-refractivity contribution is 7.89. The summed E-state index contributed by atoms with van der Waals surface area (Å²) in [6.07, 6.45) is -4.45. The van der Waals surface area contributed by atoms with Gasteiger partial charge in [-0.05, 0) is 43.2 Å². The van der Waals surface area contributed by atoms with Crippen LogP contribution in [0.4, 0.5) is 18.9 Å². The molecule has 0 aliphatic carbocycles. The van der Waals surface area contributed by atoms with Crippen LogP contribution in [-0.4, -0.2) is 45.2 Å². The van der Waals surface area contributed by atoms with E-state index in [2.05, 4.69) is 10.1 Å². The molecule has 0 bridgehead atoms. The predicted octanol–water partition coefficient (Wildman–Crippen LogP) is 4.29. The van der Waals surface area contributed by atoms with Gasteiger partial charge in [-0.25, -0.2) is 8.42 Å². The number of carbonyl (C=O) groups excluding carboxylic acids is 1. The fourth-order valence-corrected chi connectivity index (χ4v) is 5.03. The first kappa shape index (κ1) is 24.1. The summed E-state index contributed by atoms with van der Waals surface area (Å²) in [5.41, 5.74) is 0.404. The van der Waals surface area contributed by atoms with E-state index < -0.39 is 28.1 Å². The summed E-state index contributed by atoms with van der Waals surface area (Å²) in [4.78, 5) is 12.3. The lowest BCUT2D eigenvalue weighted by Gasteiger charge is -2.30. The number of anilines is 1. The monoisotopic (exact) mass is 492 g/mol. The van der Waals surface area contributed by atoms with Gasteiger partial charge in [-0.15, -0.1) is 13.2 Å². The molecule has 12 heteroatoms. The molecule has 1 N–H and O–H groups in total. The lowest BCUT2D eigenvalue weighted by molar-refractivity contribution is -0.274. The van der Waals surface area contributed by atoms with Gasteiger partial charge in [0.2, 0.25) is 15.9 Å². The van der Waals surface area contributed by atoms with Crippen LogP contribution in [0, 0.1) is 5.92 Å². The number of alkyl halides is 3. The molecular weight excluding hydrogens is 473 g/mol. The Bertz CT molecular complexity index is 1090. The minimum Gasteiger partial charge on any atom is -0.495 e. The Hall–Kier alpha value is -2.50. The molecule has 2 aromatic carbocycles. The minimum absolute atomic E-state index is 0.0391. The molecule has 1 aliphatic rings. The number of carbonyl (C=O) groups is 1. The van der Waals surface area contributed by atoms with Crippen molar-refractivity contribution in [1.82, 2.24) is 4.31 Å². The molecule has 1 aliphatic heterocycles. The number of piperidine rings is 1. The Kier molecular flexibility index (Phi) is 7.21. The maximum Gasteiger partial charge on any atom is 0.573 e. The highest BCUT2D eigenvalue weighted by Gasteiger charge is 2.34. The van der Waals surface area contributed by atoms with E-state index in [1.54, 1.807) is 18.2 Å². The highest BCUT2D eigenvalue weighted by atomic mass is 35.5. The average Bonchev–Trinajstić information content (AvgIpc) is 2.73. The highest BCUT2D eigenvalue weighted by Crippen LogP contribution is 2.31. The van der Waals surface area contributed by atoms with Gasteiger partial charge in [0.05, 0.1) is 17.7 Å². The smallest absolute Gasteiger partial charge is 0.495 e. The summed E-state index contributed by atoms with van der Waals surface area (Å²) in [5.74, 6) is -0.944. The molecular formula is C20H20ClF3N2O5S. The van der Waals surface area contributed by atoms with Crippen molar-refractivity contribution in [3.05, 3.63) is 47.5 Å². The van der Waals surface area contributed by atoms with Crippen molar-refractivity contribution in [1.29, 1.82) is 0 Å². The molecule has 32 heavy (non-hydrogen) atoms. The zero-order valence-electron chi connectivity index (χ0n) is 16.9. The van der Waals surface area contributed by atoms with Crippen LogP contribution in [0.2, 0.25) is 5.02 Å². The van der Waals surface area contributed by atoms with E-state index in [0.29, 0.717) is 16.5 Å². The fraction of sp³-hybridized carbons (Fsp3) is 0.350. The van der Waals surface area contributed by atoms with Gasteiger partial charge < -0.3 is 14.8 Å². The van der Waals surface area contributed by atoms with Gasteiger partial charge in [-0.3, -0.25) is 4.79 Å². The molecule has 0 saturated carbocycles. The molecule has 0 unspecified atom stereocenters. The van der Waals surface area contributed by atoms with Crippen LogP contribution in [0.5, 0.6) is 11.5 Å². The maximum atomic E-state index is 12.9. The number of hydrogen-bond donors (Lipinski definition) is 1. The Labute approximate surface area is 188 Å². The summed E-state index contributed by atoms with van der Waals surface area (Å²) in [6.45, 7) is 0.0783. The Morgan fingerprint density at radius 3 is 2.47 bits per heavy atom. The van der Waals surface area contributed by atoms with Gasteiger partial charge in [0.15, 0.2) is 0 Å². The number of benzene rings is 2. The molecule has 0 spiro atoms. The average molecular weight is 493 g/mol. The van der Waals surface area contributed by atoms with Crippen LogP contribution in [0.1, 0.15) is 12.8 Å². The SMILES string of the molecule is COc1ccc(Cl)cc1NC(=O)C1CCN(S(=O)(=O)c2cccc(OC(F)(F)F)c2)CC1. The standard InChI is InChI=1S/C20H20ClF3N2O5S/c1-30-18-6-5-14(21)11-17(18)25-19(27)13-7-9-26(10-8-13)32(28,29)16-4-2-3-15(12-16)31-20(22,23)24/h2-6,11-13H,7-10H2,1H3,(H,25,27). The zero-order valence-corrected chi connectivity index (χ0v) is 18.4. The number of rotatable bonds is 6. The molecule has 1 fully saturated rings. The van der Waals surface area contributed by atoms with E-state index >= 15 is 0 Å². The number of amides is 1. The van der Waals surface area contributed by atoms with E-state index in [1.807, 2.05) is 0 Å². The predicted molar refractivity (Wildman–Crippen MR) is 111 cm³/mol. The second-order valence-corrected chi connectivity index (χ2v) is 9.41. The third-order valence-corrected chi connectivity index (χ3v) is 7.05. The van der Waals surface area contributed by atoms with E-state index in [9.17, 15) is 26.4 Å². The molecule has 3 rings (SSSR count). The number of sulfonamides is 1. The Morgan fingerprint density at radius 1 is 1.16 bits per heavy atom. The molecule has 1 amide bonds. The molecule has 0 radical (unpaired) electrons. The van der Waals surface area contributed by atoms with Crippen molar-refractivity contribution in [3.63, 3.8) is 0 Å². The second-order valence-electron chi connectivity index (χ2n) is 7.03. The number of hydrogen-bond acceptors (Lipinski definition) is 5. The van der Waals surface area contributed by atoms with Crippen molar-refractivity contribution < 1.29 is 35.9 Å². The van der Waals surface area contributed by atoms with E-state index in [4.69, 9.17) is 16.3 Å². The summed E-state index contributed by atoms with van der Waals surface area (Å²) < 4.78 is 73.1. The van der Waals surface area contributed by atoms with E-state index in [-0.39, 0.29) is 36.7 Å². The Morgan fingerprint density at radius 2 is 1.84 bits per heavy atom. The van der Waals surface area contributed by atoms with Crippen LogP contribution in [0.25, 0.3) is 0 Å². The van der Waals surface area contributed by atoms with Crippen molar-refractivity contribution in [2.75, 3.05) is 25.5 Å². The summed E-state index contributed by atoms with van der Waals surface area (Å²) in [5, 5.41) is 3.16. The first-order valence-corrected chi connectivity index (χ1v) is 11.3. The van der Waals surface area contributed by atoms with Crippen LogP contribution >= 0.6 is 11.6 Å². The maximum absolute atomic E-state index is 12.9. The molecule has 2 aromatic rings. The number of methoxy groups -OCH3 is 1. The number of nitrogens with zero attached hydrogens (tertiary/aromatic N) is 1. The van der Waals surface area contributed by atoms with Crippen LogP contribution in [0.15, 0.2) is 47.4 Å². The minimum atomic E-state index is -4.93. The number of halogens is 4. The molecule has 1 saturated heterocycles. The largest absolute Gasteiger partial charge is 0.573 e. The van der Waals surface area contributed by atoms with Gasteiger partial charge in [0, 0.05) is 30.1 Å². The van der Waals surface area contributed by atoms with Gasteiger partial charge in [-0.1, -0.05) is 17.7 Å². The normalized spacial score (nSPS) is 15.9. The molecule has 0 atom stereocenters. The van der Waals surface area contributed by atoms with Gasteiger partial charge in [0.1, 0.15) is 11.5 Å². The number of nitrogens with one attached hydrogen (secondary N) is 1. The van der Waals surface area contributed by atoms with Crippen molar-refractivity contribution in [3.8, 4) is 11.5 Å². The van der Waals surface area contributed by atoms with E-state index in [0.717, 1.165) is 16.4 Å². The quantitative estimate of drug-likeness (QED) is 0.650. The lowest BCUT2D eigenvalue weighted by Crippen LogP contribution is -2.41. The van der Waals surface area contributed by atoms with Gasteiger partial charge in [-0.2, -0.15) is 4.31 Å². The third kappa shape index (κ3) is 5.84. The van der Waals surface area contributed by atoms with E-state index in [1.165, 1.54) is 19.2 Å². The Balaban J connectivity index is 1.66. The zero-order chi connectivity index (χ0) is 23.5. The first-order chi connectivity index (χ1) is 15.0. The van der Waals surface area contributed by atoms with Crippen LogP contribution in [-0.2, 0) is 14.8 Å². The summed E-state index contributed by atoms with van der Waals surface area (Å²) in [6, 6.07) is 9.00. The number of ether oxygens (including phenoxy) is 2. The van der Waals surface area contributed by atoms with Gasteiger partial charge in [0.25, 0.3) is 0 Å². The fourth-order valence-electron chi connectivity index (χ4n) is 3.35. The molecule has 7 nitrogen and oxygen atoms in total. The lowest BCUT2D eigenvalue weighted by atomic mass is 9.97. The second kappa shape index (κ2) is 9.55. The van der Waals surface area contributed by atoms with Crippen LogP contribution in [0.3, 0.4) is 0 Å². The van der Waals surface area contributed by atoms with Crippen LogP contribution < -0.4 is 14.8 Å². The summed E-state index contributed by atoms with van der Waals surface area (Å²) in [7, 11) is -2.59. The topological polar surface area (TPSA) is 84.9 Å². The van der Waals surface area contributed by atoms with Crippen molar-refractivity contribution >= 4 is 33.2 Å². The first-order valence-electron chi connectivity index (χ1n) is 9.50. The van der Waals surface area contributed by atoms with Crippen molar-refractivity contribution in [2.45, 2.75) is 24.1 Å². The molecule has 174 valence electrons. The molecule has 0 aromatic heterocycles. The third-order valence-electron chi connectivity index (χ3n) is 4.92. The summed E-state index contributed by atoms with van der Waals surface area (Å²) >= 11 is 5.97. The molecule has 1 heterocycles.